The van der Waals surface area contributed by atoms with Gasteiger partial charge in [-0.2, -0.15) is 0 Å². The summed E-state index contributed by atoms with van der Waals surface area (Å²) in [5.41, 5.74) is 4.43. The number of hydrogen-bond acceptors (Lipinski definition) is 5. The zero-order chi connectivity index (χ0) is 33.0. The van der Waals surface area contributed by atoms with Crippen molar-refractivity contribution in [2.24, 2.45) is 0 Å². The molecule has 0 bridgehead atoms. The first-order chi connectivity index (χ1) is 21.3. The molecule has 0 atom stereocenters. The Hall–Kier alpha value is -3.66. The van der Waals surface area contributed by atoms with E-state index in [0.717, 1.165) is 36.2 Å². The summed E-state index contributed by atoms with van der Waals surface area (Å²) in [4.78, 5) is 17.6. The SMILES string of the molecule is CN(C)CC#Cc1ccc(C2=CCN(C(=O)OC(C)(C)C)CC2)cc1F.CN(C)CC#Cc1ccc(C2=CCNCC2)cc1F.Cl. The zero-order valence-electron chi connectivity index (χ0n) is 28.1. The zero-order valence-corrected chi connectivity index (χ0v) is 28.9. The molecule has 0 fully saturated rings. The van der Waals surface area contributed by atoms with Crippen molar-refractivity contribution >= 4 is 29.6 Å². The first kappa shape index (κ1) is 38.5. The van der Waals surface area contributed by atoms with Gasteiger partial charge in [0.1, 0.15) is 17.2 Å². The standard InChI is InChI=1S/C21H27FN2O2.C16H19FN2.ClH/c1-21(2,3)26-20(25)24-13-10-16(11-14-24)18-9-8-17(19(22)15-18)7-6-12-23(4)5;1-19(2)11-3-4-14-5-6-15(12-16(14)17)13-7-9-18-10-8-13;/h8-10,15H,11-14H2,1-5H3;5-7,12,18H,8-11H2,1-2H3;1H. The molecule has 0 radical (unpaired) electrons. The van der Waals surface area contributed by atoms with Crippen LogP contribution in [0.25, 0.3) is 11.1 Å². The molecule has 2 aliphatic heterocycles. The molecule has 0 saturated heterocycles. The van der Waals surface area contributed by atoms with Crippen LogP contribution in [0, 0.1) is 35.3 Å². The number of benzene rings is 2. The Balaban J connectivity index is 0.000000328. The fourth-order valence-electron chi connectivity index (χ4n) is 4.53. The molecule has 6 nitrogen and oxygen atoms in total. The van der Waals surface area contributed by atoms with E-state index in [1.54, 1.807) is 23.1 Å². The third-order valence-corrected chi connectivity index (χ3v) is 6.84. The van der Waals surface area contributed by atoms with Gasteiger partial charge in [-0.25, -0.2) is 13.6 Å². The molecule has 1 N–H and O–H groups in total. The first-order valence-corrected chi connectivity index (χ1v) is 15.3. The Morgan fingerprint density at radius 1 is 0.870 bits per heavy atom. The van der Waals surface area contributed by atoms with Crippen LogP contribution in [-0.2, 0) is 4.74 Å². The number of carbonyl (C=O) groups excluding carboxylic acids is 1. The summed E-state index contributed by atoms with van der Waals surface area (Å²) in [6.07, 6.45) is 5.38. The molecule has 2 aromatic rings. The van der Waals surface area contributed by atoms with E-state index in [1.165, 1.54) is 11.6 Å². The molecule has 4 rings (SSSR count). The van der Waals surface area contributed by atoms with E-state index < -0.39 is 5.60 Å². The summed E-state index contributed by atoms with van der Waals surface area (Å²) in [6.45, 7) is 9.62. The van der Waals surface area contributed by atoms with Gasteiger partial charge >= 0.3 is 6.09 Å². The highest BCUT2D eigenvalue weighted by Crippen LogP contribution is 2.25. The van der Waals surface area contributed by atoms with Crippen LogP contribution in [-0.4, -0.2) is 93.9 Å². The molecule has 0 spiro atoms. The van der Waals surface area contributed by atoms with E-state index >= 15 is 0 Å². The number of halogens is 3. The van der Waals surface area contributed by atoms with Crippen molar-refractivity contribution < 1.29 is 18.3 Å². The summed E-state index contributed by atoms with van der Waals surface area (Å²) >= 11 is 0. The lowest BCUT2D eigenvalue weighted by Gasteiger charge is -2.29. The second-order valence-corrected chi connectivity index (χ2v) is 12.6. The van der Waals surface area contributed by atoms with Crippen LogP contribution in [0.2, 0.25) is 0 Å². The Morgan fingerprint density at radius 3 is 1.78 bits per heavy atom. The molecule has 0 saturated carbocycles. The predicted molar refractivity (Wildman–Crippen MR) is 187 cm³/mol. The molecule has 2 aromatic carbocycles. The third kappa shape index (κ3) is 13.0. The normalized spacial score (nSPS) is 14.4. The van der Waals surface area contributed by atoms with Crippen LogP contribution in [0.5, 0.6) is 0 Å². The number of hydrogen-bond donors (Lipinski definition) is 1. The monoisotopic (exact) mass is 652 g/mol. The second-order valence-electron chi connectivity index (χ2n) is 12.6. The summed E-state index contributed by atoms with van der Waals surface area (Å²) in [6, 6.07) is 10.5. The lowest BCUT2D eigenvalue weighted by Crippen LogP contribution is -2.39. The topological polar surface area (TPSA) is 48.1 Å². The van der Waals surface area contributed by atoms with Gasteiger partial charge in [-0.1, -0.05) is 48.0 Å². The largest absolute Gasteiger partial charge is 0.444 e. The summed E-state index contributed by atoms with van der Waals surface area (Å²) in [7, 11) is 7.73. The van der Waals surface area contributed by atoms with Gasteiger partial charge in [-0.05, 0) is 115 Å². The van der Waals surface area contributed by atoms with Crippen molar-refractivity contribution in [3.05, 3.63) is 82.4 Å². The average molecular weight is 653 g/mol. The Morgan fingerprint density at radius 2 is 1.39 bits per heavy atom. The molecule has 0 aromatic heterocycles. The second kappa shape index (κ2) is 18.5. The molecular weight excluding hydrogens is 606 g/mol. The molecule has 46 heavy (non-hydrogen) atoms. The highest BCUT2D eigenvalue weighted by molar-refractivity contribution is 5.85. The predicted octanol–water partition coefficient (Wildman–Crippen LogP) is 6.30. The fraction of sp³-hybridized carbons (Fsp3) is 0.432. The number of amides is 1. The third-order valence-electron chi connectivity index (χ3n) is 6.84. The van der Waals surface area contributed by atoms with Crippen LogP contribution in [0.15, 0.2) is 48.6 Å². The number of ether oxygens (including phenoxy) is 1. The van der Waals surface area contributed by atoms with Gasteiger partial charge in [-0.15, -0.1) is 12.4 Å². The molecule has 248 valence electrons. The average Bonchev–Trinajstić information content (AvgIpc) is 2.98. The molecular formula is C37H47ClF2N4O2. The maximum absolute atomic E-state index is 14.3. The molecule has 1 amide bonds. The Kier molecular flexibility index (Phi) is 15.5. The van der Waals surface area contributed by atoms with Gasteiger partial charge in [0.25, 0.3) is 0 Å². The lowest BCUT2D eigenvalue weighted by atomic mass is 9.98. The minimum Gasteiger partial charge on any atom is -0.444 e. The van der Waals surface area contributed by atoms with E-state index in [0.29, 0.717) is 43.7 Å². The fourth-order valence-corrected chi connectivity index (χ4v) is 4.53. The van der Waals surface area contributed by atoms with E-state index in [2.05, 4.69) is 35.1 Å². The van der Waals surface area contributed by atoms with Crippen LogP contribution in [0.1, 0.15) is 55.9 Å². The van der Waals surface area contributed by atoms with Crippen molar-refractivity contribution in [3.63, 3.8) is 0 Å². The summed E-state index contributed by atoms with van der Waals surface area (Å²) in [5.74, 6) is 11.1. The van der Waals surface area contributed by atoms with E-state index in [4.69, 9.17) is 4.74 Å². The van der Waals surface area contributed by atoms with Crippen LogP contribution in [0.4, 0.5) is 13.6 Å². The van der Waals surface area contributed by atoms with Crippen molar-refractivity contribution in [2.45, 2.75) is 39.2 Å². The van der Waals surface area contributed by atoms with Crippen LogP contribution < -0.4 is 5.32 Å². The first-order valence-electron chi connectivity index (χ1n) is 15.3. The van der Waals surface area contributed by atoms with Gasteiger partial charge < -0.3 is 15.0 Å². The Bertz CT molecular complexity index is 1520. The lowest BCUT2D eigenvalue weighted by molar-refractivity contribution is 0.0270. The maximum Gasteiger partial charge on any atom is 0.410 e. The highest BCUT2D eigenvalue weighted by atomic mass is 35.5. The van der Waals surface area contributed by atoms with Crippen molar-refractivity contribution in [1.29, 1.82) is 0 Å². The van der Waals surface area contributed by atoms with E-state index in [1.807, 2.05) is 77.0 Å². The number of rotatable bonds is 4. The van der Waals surface area contributed by atoms with Crippen molar-refractivity contribution in [3.8, 4) is 23.7 Å². The quantitative estimate of drug-likeness (QED) is 0.393. The summed E-state index contributed by atoms with van der Waals surface area (Å²) < 4.78 is 33.6. The van der Waals surface area contributed by atoms with Crippen LogP contribution in [0.3, 0.4) is 0 Å². The minimum atomic E-state index is -0.506. The number of carbonyl (C=O) groups is 1. The molecule has 2 aliphatic rings. The number of nitrogens with one attached hydrogen (secondary N) is 1. The van der Waals surface area contributed by atoms with Gasteiger partial charge in [0.2, 0.25) is 0 Å². The maximum atomic E-state index is 14.3. The smallest absolute Gasteiger partial charge is 0.410 e. The summed E-state index contributed by atoms with van der Waals surface area (Å²) in [5, 5.41) is 3.25. The highest BCUT2D eigenvalue weighted by Gasteiger charge is 2.24. The minimum absolute atomic E-state index is 0. The van der Waals surface area contributed by atoms with Gasteiger partial charge in [0.15, 0.2) is 0 Å². The van der Waals surface area contributed by atoms with Crippen LogP contribution >= 0.6 is 12.4 Å². The van der Waals surface area contributed by atoms with Gasteiger partial charge in [0, 0.05) is 19.6 Å². The Labute approximate surface area is 280 Å². The van der Waals surface area contributed by atoms with Gasteiger partial charge in [0.05, 0.1) is 24.2 Å². The van der Waals surface area contributed by atoms with Gasteiger partial charge in [-0.3, -0.25) is 9.80 Å². The molecule has 0 aliphatic carbocycles. The van der Waals surface area contributed by atoms with Crippen molar-refractivity contribution in [2.75, 3.05) is 67.5 Å². The molecule has 2 heterocycles. The molecule has 9 heteroatoms. The molecule has 0 unspecified atom stereocenters. The van der Waals surface area contributed by atoms with E-state index in [-0.39, 0.29) is 30.1 Å². The number of nitrogens with zero attached hydrogens (tertiary/aromatic N) is 3. The van der Waals surface area contributed by atoms with E-state index in [9.17, 15) is 13.6 Å². The van der Waals surface area contributed by atoms with Crippen molar-refractivity contribution in [1.82, 2.24) is 20.0 Å².